The number of ketones is 1. The molecule has 0 saturated carbocycles. The van der Waals surface area contributed by atoms with Crippen molar-refractivity contribution in [2.24, 2.45) is 25.0 Å². The standard InChI is InChI=1S/C29H23N3O6S/c1-16-8-14-19(15-9-16)39(36,37)38-18-12-10-17(11-13-18)22-23-25(20-6-4-5-7-21(20)26(23)33)30-27-24(22)28(34)32(3)29(35)31(27)2/h4-15,22-23H,1-3H3/t22-,23+/m0/s1. The fourth-order valence-corrected chi connectivity index (χ4v) is 6.27. The third kappa shape index (κ3) is 3.78. The highest BCUT2D eigenvalue weighted by molar-refractivity contribution is 7.87. The number of hydrogen-bond acceptors (Lipinski definition) is 7. The second kappa shape index (κ2) is 8.74. The molecule has 2 aliphatic rings. The van der Waals surface area contributed by atoms with Gasteiger partial charge in [0.1, 0.15) is 16.5 Å². The molecule has 0 N–H and O–H groups in total. The molecule has 9 nitrogen and oxygen atoms in total. The van der Waals surface area contributed by atoms with E-state index in [1.807, 2.05) is 13.0 Å². The average molecular weight is 542 g/mol. The zero-order valence-corrected chi connectivity index (χ0v) is 22.1. The smallest absolute Gasteiger partial charge is 0.339 e. The first-order valence-electron chi connectivity index (χ1n) is 12.2. The first-order chi connectivity index (χ1) is 18.6. The summed E-state index contributed by atoms with van der Waals surface area (Å²) < 4.78 is 33.2. The van der Waals surface area contributed by atoms with Crippen molar-refractivity contribution in [3.05, 3.63) is 121 Å². The van der Waals surface area contributed by atoms with Crippen molar-refractivity contribution in [3.8, 4) is 5.75 Å². The van der Waals surface area contributed by atoms with Crippen LogP contribution in [0.15, 0.2) is 92.3 Å². The summed E-state index contributed by atoms with van der Waals surface area (Å²) in [4.78, 5) is 44.5. The van der Waals surface area contributed by atoms with Crippen LogP contribution < -0.4 is 15.4 Å². The Balaban J connectivity index is 1.47. The van der Waals surface area contributed by atoms with Crippen molar-refractivity contribution in [1.82, 2.24) is 9.13 Å². The van der Waals surface area contributed by atoms with Crippen molar-refractivity contribution < 1.29 is 17.4 Å². The average Bonchev–Trinajstić information content (AvgIpc) is 3.22. The van der Waals surface area contributed by atoms with Crippen LogP contribution in [0.3, 0.4) is 0 Å². The Morgan fingerprint density at radius 3 is 2.10 bits per heavy atom. The van der Waals surface area contributed by atoms with E-state index in [2.05, 4.69) is 4.99 Å². The SMILES string of the molecule is Cc1ccc(S(=O)(=O)Oc2ccc([C@@H]3c4c(n(C)c(=O)n(C)c4=O)N=C4c5ccccc5C(=O)[C@@H]43)cc2)cc1. The lowest BCUT2D eigenvalue weighted by molar-refractivity contribution is 0.0953. The van der Waals surface area contributed by atoms with Crippen molar-refractivity contribution in [2.75, 3.05) is 0 Å². The number of rotatable bonds is 4. The van der Waals surface area contributed by atoms with E-state index < -0.39 is 33.2 Å². The van der Waals surface area contributed by atoms with Crippen LogP contribution in [0.25, 0.3) is 0 Å². The number of carbonyl (C=O) groups excluding carboxylic acids is 1. The van der Waals surface area contributed by atoms with Crippen molar-refractivity contribution in [2.45, 2.75) is 17.7 Å². The molecule has 4 aromatic rings. The van der Waals surface area contributed by atoms with Crippen LogP contribution in [-0.2, 0) is 24.2 Å². The minimum atomic E-state index is -4.06. The fourth-order valence-electron chi connectivity index (χ4n) is 5.34. The Labute approximate surface area is 223 Å². The van der Waals surface area contributed by atoms with Crippen LogP contribution in [0.5, 0.6) is 5.75 Å². The van der Waals surface area contributed by atoms with E-state index in [9.17, 15) is 22.8 Å². The van der Waals surface area contributed by atoms with Crippen LogP contribution in [0.2, 0.25) is 0 Å². The van der Waals surface area contributed by atoms with Gasteiger partial charge in [-0.05, 0) is 36.8 Å². The molecule has 0 unspecified atom stereocenters. The number of aromatic nitrogens is 2. The van der Waals surface area contributed by atoms with Gasteiger partial charge in [0.2, 0.25) is 0 Å². The van der Waals surface area contributed by atoms with E-state index in [0.717, 1.165) is 10.1 Å². The second-order valence-electron chi connectivity index (χ2n) is 9.72. The van der Waals surface area contributed by atoms with Gasteiger partial charge in [0.05, 0.1) is 17.2 Å². The Bertz CT molecular complexity index is 1940. The maximum absolute atomic E-state index is 13.6. The Kier molecular flexibility index (Phi) is 5.55. The monoisotopic (exact) mass is 541 g/mol. The van der Waals surface area contributed by atoms with Gasteiger partial charge < -0.3 is 4.18 Å². The molecule has 0 amide bonds. The third-order valence-corrected chi connectivity index (χ3v) is 8.60. The number of carbonyl (C=O) groups is 1. The van der Waals surface area contributed by atoms with Gasteiger partial charge in [-0.3, -0.25) is 18.7 Å². The Morgan fingerprint density at radius 1 is 0.795 bits per heavy atom. The lowest BCUT2D eigenvalue weighted by Gasteiger charge is -2.30. The van der Waals surface area contributed by atoms with Gasteiger partial charge in [0.25, 0.3) is 5.56 Å². The highest BCUT2D eigenvalue weighted by atomic mass is 32.2. The van der Waals surface area contributed by atoms with Gasteiger partial charge in [-0.25, -0.2) is 9.79 Å². The summed E-state index contributed by atoms with van der Waals surface area (Å²) in [5.74, 6) is -1.41. The zero-order chi connectivity index (χ0) is 27.6. The van der Waals surface area contributed by atoms with E-state index >= 15 is 0 Å². The number of aliphatic imine (C=N–C) groups is 1. The third-order valence-electron chi connectivity index (χ3n) is 7.34. The molecular formula is C29H23N3O6S. The van der Waals surface area contributed by atoms with Crippen LogP contribution >= 0.6 is 0 Å². The number of nitrogens with zero attached hydrogens (tertiary/aromatic N) is 3. The molecule has 0 saturated heterocycles. The van der Waals surface area contributed by atoms with Crippen LogP contribution in [0.4, 0.5) is 5.82 Å². The van der Waals surface area contributed by atoms with E-state index in [4.69, 9.17) is 4.18 Å². The molecule has 196 valence electrons. The predicted octanol–water partition coefficient (Wildman–Crippen LogP) is 3.24. The summed E-state index contributed by atoms with van der Waals surface area (Å²) in [7, 11) is -1.14. The predicted molar refractivity (Wildman–Crippen MR) is 145 cm³/mol. The minimum absolute atomic E-state index is 0.0259. The quantitative estimate of drug-likeness (QED) is 0.366. The molecule has 1 aliphatic heterocycles. The van der Waals surface area contributed by atoms with E-state index in [-0.39, 0.29) is 27.8 Å². The summed E-state index contributed by atoms with van der Waals surface area (Å²) in [5, 5.41) is 0. The number of fused-ring (bicyclic) bond motifs is 4. The van der Waals surface area contributed by atoms with Gasteiger partial charge >= 0.3 is 15.8 Å². The van der Waals surface area contributed by atoms with Crippen molar-refractivity contribution in [3.63, 3.8) is 0 Å². The second-order valence-corrected chi connectivity index (χ2v) is 11.3. The highest BCUT2D eigenvalue weighted by Crippen LogP contribution is 2.46. The summed E-state index contributed by atoms with van der Waals surface area (Å²) in [5.41, 5.74) is 2.35. The Morgan fingerprint density at radius 2 is 1.44 bits per heavy atom. The number of benzene rings is 3. The largest absolute Gasteiger partial charge is 0.379 e. The molecule has 0 radical (unpaired) electrons. The zero-order valence-electron chi connectivity index (χ0n) is 21.3. The molecule has 6 rings (SSSR count). The molecular weight excluding hydrogens is 518 g/mol. The summed E-state index contributed by atoms with van der Waals surface area (Å²) >= 11 is 0. The molecule has 0 spiro atoms. The summed E-state index contributed by atoms with van der Waals surface area (Å²) in [6.45, 7) is 1.86. The molecule has 39 heavy (non-hydrogen) atoms. The lowest BCUT2D eigenvalue weighted by atomic mass is 9.76. The molecule has 2 atom stereocenters. The molecule has 0 fully saturated rings. The molecule has 1 aliphatic carbocycles. The molecule has 0 bridgehead atoms. The first-order valence-corrected chi connectivity index (χ1v) is 13.6. The maximum atomic E-state index is 13.6. The fraction of sp³-hybridized carbons (Fsp3) is 0.172. The molecule has 1 aromatic heterocycles. The van der Waals surface area contributed by atoms with Gasteiger partial charge in [-0.1, -0.05) is 54.1 Å². The van der Waals surface area contributed by atoms with Crippen molar-refractivity contribution >= 4 is 27.4 Å². The van der Waals surface area contributed by atoms with Crippen LogP contribution in [0.1, 0.15) is 38.5 Å². The first kappa shape index (κ1) is 24.7. The number of Topliss-reactive ketones (excluding diaryl/α,β-unsaturated/α-hetero) is 1. The van der Waals surface area contributed by atoms with Gasteiger partial charge in [0.15, 0.2) is 5.78 Å². The number of hydrogen-bond donors (Lipinski definition) is 0. The van der Waals surface area contributed by atoms with Crippen molar-refractivity contribution in [1.29, 1.82) is 0 Å². The Hall–Kier alpha value is -4.57. The molecule has 10 heteroatoms. The van der Waals surface area contributed by atoms with Gasteiger partial charge in [0, 0.05) is 31.1 Å². The van der Waals surface area contributed by atoms with E-state index in [0.29, 0.717) is 22.4 Å². The van der Waals surface area contributed by atoms with Gasteiger partial charge in [-0.2, -0.15) is 8.42 Å². The van der Waals surface area contributed by atoms with Crippen LogP contribution in [-0.4, -0.2) is 29.0 Å². The summed E-state index contributed by atoms with van der Waals surface area (Å²) in [6, 6.07) is 19.7. The van der Waals surface area contributed by atoms with Crippen LogP contribution in [0, 0.1) is 12.8 Å². The maximum Gasteiger partial charge on any atom is 0.339 e. The molecule has 3 aromatic carbocycles. The van der Waals surface area contributed by atoms with E-state index in [1.54, 1.807) is 42.5 Å². The normalized spacial score (nSPS) is 17.7. The van der Waals surface area contributed by atoms with E-state index in [1.165, 1.54) is 42.9 Å². The highest BCUT2D eigenvalue weighted by Gasteiger charge is 2.47. The minimum Gasteiger partial charge on any atom is -0.379 e. The van der Waals surface area contributed by atoms with Gasteiger partial charge in [-0.15, -0.1) is 0 Å². The topological polar surface area (TPSA) is 117 Å². The summed E-state index contributed by atoms with van der Waals surface area (Å²) in [6.07, 6.45) is 0. The lowest BCUT2D eigenvalue weighted by Crippen LogP contribution is -2.43. The number of aryl methyl sites for hydroxylation is 1. The molecule has 2 heterocycles.